The molecule has 0 aromatic carbocycles. The zero-order valence-electron chi connectivity index (χ0n) is 8.90. The Morgan fingerprint density at radius 3 is 2.88 bits per heavy atom. The molecule has 1 aliphatic carbocycles. The summed E-state index contributed by atoms with van der Waals surface area (Å²) >= 11 is 3.48. The van der Waals surface area contributed by atoms with Gasteiger partial charge in [-0.3, -0.25) is 0 Å². The molecule has 0 aliphatic heterocycles. The van der Waals surface area contributed by atoms with Crippen LogP contribution in [0.5, 0.6) is 0 Å². The van der Waals surface area contributed by atoms with Crippen LogP contribution in [0.2, 0.25) is 0 Å². The van der Waals surface area contributed by atoms with Crippen molar-refractivity contribution in [3.63, 3.8) is 0 Å². The van der Waals surface area contributed by atoms with E-state index in [2.05, 4.69) is 30.6 Å². The van der Waals surface area contributed by atoms with Crippen molar-refractivity contribution in [2.45, 2.75) is 29.6 Å². The summed E-state index contributed by atoms with van der Waals surface area (Å²) < 4.78 is 26.1. The molecule has 0 spiro atoms. The number of hydrogen-bond donors (Lipinski definition) is 2. The Bertz CT molecular complexity index is 467. The van der Waals surface area contributed by atoms with Gasteiger partial charge in [0.15, 0.2) is 5.03 Å². The highest BCUT2D eigenvalue weighted by Crippen LogP contribution is 2.36. The highest BCUT2D eigenvalue weighted by molar-refractivity contribution is 9.09. The van der Waals surface area contributed by atoms with Crippen LogP contribution in [0.25, 0.3) is 0 Å². The summed E-state index contributed by atoms with van der Waals surface area (Å²) in [5, 5.41) is 0.125. The van der Waals surface area contributed by atoms with Crippen LogP contribution in [0.1, 0.15) is 18.7 Å². The fourth-order valence-electron chi connectivity index (χ4n) is 1.43. The molecule has 16 heavy (non-hydrogen) atoms. The third kappa shape index (κ3) is 2.83. The maximum atomic E-state index is 11.8. The van der Waals surface area contributed by atoms with Gasteiger partial charge in [0.25, 0.3) is 10.0 Å². The van der Waals surface area contributed by atoms with Crippen molar-refractivity contribution in [1.29, 1.82) is 0 Å². The molecule has 1 atom stereocenters. The Morgan fingerprint density at radius 1 is 1.69 bits per heavy atom. The number of H-pyrrole nitrogens is 1. The van der Waals surface area contributed by atoms with Gasteiger partial charge in [0.1, 0.15) is 5.82 Å². The van der Waals surface area contributed by atoms with E-state index in [4.69, 9.17) is 0 Å². The molecule has 0 amide bonds. The first-order valence-electron chi connectivity index (χ1n) is 5.14. The monoisotopic (exact) mass is 307 g/mol. The number of sulfonamides is 1. The van der Waals surface area contributed by atoms with Crippen LogP contribution in [-0.2, 0) is 10.0 Å². The van der Waals surface area contributed by atoms with E-state index >= 15 is 0 Å². The van der Waals surface area contributed by atoms with Gasteiger partial charge in [0, 0.05) is 11.4 Å². The zero-order valence-corrected chi connectivity index (χ0v) is 11.3. The molecule has 5 nitrogen and oxygen atoms in total. The molecule has 1 aromatic heterocycles. The minimum Gasteiger partial charge on any atom is -0.332 e. The molecule has 2 rings (SSSR count). The summed E-state index contributed by atoms with van der Waals surface area (Å²) in [5.74, 6) is 1.21. The molecule has 1 fully saturated rings. The Morgan fingerprint density at radius 2 is 2.38 bits per heavy atom. The number of rotatable bonds is 5. The second-order valence-corrected chi connectivity index (χ2v) is 6.95. The highest BCUT2D eigenvalue weighted by atomic mass is 79.9. The normalized spacial score (nSPS) is 18.6. The highest BCUT2D eigenvalue weighted by Gasteiger charge is 2.30. The molecule has 0 saturated heterocycles. The molecule has 0 bridgehead atoms. The summed E-state index contributed by atoms with van der Waals surface area (Å²) in [5.41, 5.74) is 0. The number of aromatic nitrogens is 2. The molecule has 2 N–H and O–H groups in total. The maximum absolute atomic E-state index is 11.8. The summed E-state index contributed by atoms with van der Waals surface area (Å²) in [6, 6.07) is 0. The van der Waals surface area contributed by atoms with Crippen molar-refractivity contribution in [2.24, 2.45) is 5.92 Å². The standard InChI is InChI=1S/C9H14BrN3O2S/c1-6-11-5-9(13-6)16(14,15)12-4-8(10)7-2-3-7/h5,7-8,12H,2-4H2,1H3,(H,11,13). The van der Waals surface area contributed by atoms with E-state index in [1.54, 1.807) is 6.92 Å². The first-order valence-corrected chi connectivity index (χ1v) is 7.54. The van der Waals surface area contributed by atoms with Crippen LogP contribution in [0.4, 0.5) is 0 Å². The molecular weight excluding hydrogens is 294 g/mol. The van der Waals surface area contributed by atoms with Gasteiger partial charge < -0.3 is 4.98 Å². The van der Waals surface area contributed by atoms with Gasteiger partial charge in [-0.2, -0.15) is 0 Å². The van der Waals surface area contributed by atoms with Gasteiger partial charge in [-0.25, -0.2) is 18.1 Å². The first-order chi connectivity index (χ1) is 7.49. The van der Waals surface area contributed by atoms with Crippen molar-refractivity contribution in [3.05, 3.63) is 12.0 Å². The van der Waals surface area contributed by atoms with Crippen LogP contribution < -0.4 is 4.72 Å². The van der Waals surface area contributed by atoms with Crippen molar-refractivity contribution in [1.82, 2.24) is 14.7 Å². The molecule has 1 saturated carbocycles. The van der Waals surface area contributed by atoms with Gasteiger partial charge in [-0.15, -0.1) is 0 Å². The number of halogens is 1. The van der Waals surface area contributed by atoms with E-state index in [9.17, 15) is 8.42 Å². The van der Waals surface area contributed by atoms with Crippen LogP contribution in [0, 0.1) is 12.8 Å². The Balaban J connectivity index is 1.97. The van der Waals surface area contributed by atoms with Gasteiger partial charge in [-0.1, -0.05) is 15.9 Å². The third-order valence-electron chi connectivity index (χ3n) is 2.57. The SMILES string of the molecule is Cc1ncc(S(=O)(=O)NCC(Br)C2CC2)[nH]1. The van der Waals surface area contributed by atoms with E-state index in [0.29, 0.717) is 18.3 Å². The number of hydrogen-bond acceptors (Lipinski definition) is 3. The lowest BCUT2D eigenvalue weighted by molar-refractivity contribution is 0.574. The molecule has 7 heteroatoms. The summed E-state index contributed by atoms with van der Waals surface area (Å²) in [4.78, 5) is 6.81. The number of aryl methyl sites for hydroxylation is 1. The predicted octanol–water partition coefficient (Wildman–Crippen LogP) is 1.17. The topological polar surface area (TPSA) is 74.8 Å². The van der Waals surface area contributed by atoms with Crippen LogP contribution >= 0.6 is 15.9 Å². The minimum absolute atomic E-state index is 0.125. The molecule has 0 radical (unpaired) electrons. The quantitative estimate of drug-likeness (QED) is 0.802. The molecule has 90 valence electrons. The van der Waals surface area contributed by atoms with E-state index < -0.39 is 10.0 Å². The summed E-state index contributed by atoms with van der Waals surface area (Å²) in [7, 11) is -3.44. The van der Waals surface area contributed by atoms with Crippen LogP contribution in [0.3, 0.4) is 0 Å². The molecule has 1 aliphatic rings. The fourth-order valence-corrected chi connectivity index (χ4v) is 3.36. The lowest BCUT2D eigenvalue weighted by atomic mass is 10.3. The fraction of sp³-hybridized carbons (Fsp3) is 0.667. The van der Waals surface area contributed by atoms with Crippen molar-refractivity contribution in [3.8, 4) is 0 Å². The predicted molar refractivity (Wildman–Crippen MR) is 64.0 cm³/mol. The lowest BCUT2D eigenvalue weighted by Gasteiger charge is -2.09. The Labute approximate surface area is 103 Å². The number of imidazole rings is 1. The van der Waals surface area contributed by atoms with Crippen molar-refractivity contribution < 1.29 is 8.42 Å². The van der Waals surface area contributed by atoms with Crippen LogP contribution in [-0.4, -0.2) is 29.8 Å². The largest absolute Gasteiger partial charge is 0.332 e. The smallest absolute Gasteiger partial charge is 0.257 e. The molecule has 1 heterocycles. The van der Waals surface area contributed by atoms with E-state index in [1.807, 2.05) is 0 Å². The number of alkyl halides is 1. The molecule has 1 aromatic rings. The number of nitrogens with zero attached hydrogens (tertiary/aromatic N) is 1. The minimum atomic E-state index is -3.44. The Kier molecular flexibility index (Phi) is 3.37. The molecule has 1 unspecified atom stereocenters. The van der Waals surface area contributed by atoms with Crippen LogP contribution in [0.15, 0.2) is 11.2 Å². The van der Waals surface area contributed by atoms with Gasteiger partial charge in [0.2, 0.25) is 0 Å². The second-order valence-electron chi connectivity index (χ2n) is 4.04. The Hall–Kier alpha value is -0.400. The van der Waals surface area contributed by atoms with Gasteiger partial charge in [-0.05, 0) is 25.7 Å². The average Bonchev–Trinajstić information content (AvgIpc) is 2.98. The zero-order chi connectivity index (χ0) is 11.8. The summed E-state index contributed by atoms with van der Waals surface area (Å²) in [6.45, 7) is 2.14. The van der Waals surface area contributed by atoms with E-state index in [-0.39, 0.29) is 9.85 Å². The van der Waals surface area contributed by atoms with E-state index in [0.717, 1.165) is 0 Å². The second kappa shape index (κ2) is 4.46. The first kappa shape index (κ1) is 12.1. The maximum Gasteiger partial charge on any atom is 0.257 e. The number of nitrogens with one attached hydrogen (secondary N) is 2. The summed E-state index contributed by atoms with van der Waals surface area (Å²) in [6.07, 6.45) is 3.69. The van der Waals surface area contributed by atoms with Gasteiger partial charge >= 0.3 is 0 Å². The van der Waals surface area contributed by atoms with E-state index in [1.165, 1.54) is 19.0 Å². The van der Waals surface area contributed by atoms with Crippen molar-refractivity contribution >= 4 is 26.0 Å². The van der Waals surface area contributed by atoms with Gasteiger partial charge in [0.05, 0.1) is 6.20 Å². The average molecular weight is 308 g/mol. The third-order valence-corrected chi connectivity index (χ3v) is 4.98. The lowest BCUT2D eigenvalue weighted by Crippen LogP contribution is -2.30. The number of aromatic amines is 1. The molecular formula is C9H14BrN3O2S. The van der Waals surface area contributed by atoms with Crippen molar-refractivity contribution in [2.75, 3.05) is 6.54 Å².